The van der Waals surface area contributed by atoms with E-state index >= 15 is 0 Å². The van der Waals surface area contributed by atoms with Crippen molar-refractivity contribution in [2.75, 3.05) is 23.9 Å². The van der Waals surface area contributed by atoms with E-state index in [1.54, 1.807) is 34.6 Å². The zero-order valence-electron chi connectivity index (χ0n) is 15.2. The van der Waals surface area contributed by atoms with Crippen LogP contribution in [0, 0.1) is 6.92 Å². The highest BCUT2D eigenvalue weighted by Crippen LogP contribution is 2.34. The van der Waals surface area contributed by atoms with Gasteiger partial charge in [-0.05, 0) is 43.7 Å². The standard InChI is InChI=1S/C20H20N4O3/c1-13-19(24-10-4-3-6-17(24)21-13)20(26)22-14-8-9-16(27-2)15(12-14)23-11-5-7-18(23)25/h3-4,6,8-10,12H,5,7,11H2,1-2H3,(H,22,26). The minimum atomic E-state index is -0.255. The number of pyridine rings is 1. The SMILES string of the molecule is COc1ccc(NC(=O)c2c(C)nc3ccccn23)cc1N1CCCC1=O. The topological polar surface area (TPSA) is 75.9 Å². The molecule has 2 amide bonds. The Bertz CT molecular complexity index is 1040. The van der Waals surface area contributed by atoms with Crippen LogP contribution in [0.5, 0.6) is 5.75 Å². The number of methoxy groups -OCH3 is 1. The van der Waals surface area contributed by atoms with Crippen LogP contribution in [-0.2, 0) is 4.79 Å². The van der Waals surface area contributed by atoms with Crippen molar-refractivity contribution in [1.82, 2.24) is 9.38 Å². The molecule has 0 radical (unpaired) electrons. The van der Waals surface area contributed by atoms with Crippen LogP contribution in [0.15, 0.2) is 42.6 Å². The van der Waals surface area contributed by atoms with Crippen LogP contribution in [0.1, 0.15) is 29.0 Å². The first-order valence-corrected chi connectivity index (χ1v) is 8.82. The summed E-state index contributed by atoms with van der Waals surface area (Å²) in [5, 5.41) is 2.91. The molecule has 0 spiro atoms. The summed E-state index contributed by atoms with van der Waals surface area (Å²) in [7, 11) is 1.57. The summed E-state index contributed by atoms with van der Waals surface area (Å²) in [4.78, 5) is 31.1. The van der Waals surface area contributed by atoms with Gasteiger partial charge in [0.25, 0.3) is 5.91 Å². The number of amides is 2. The second kappa shape index (κ2) is 6.75. The fourth-order valence-corrected chi connectivity index (χ4v) is 3.46. The van der Waals surface area contributed by atoms with Gasteiger partial charge in [-0.2, -0.15) is 0 Å². The highest BCUT2D eigenvalue weighted by molar-refractivity contribution is 6.05. The number of hydrogen-bond acceptors (Lipinski definition) is 4. The van der Waals surface area contributed by atoms with Crippen LogP contribution in [0.3, 0.4) is 0 Å². The maximum Gasteiger partial charge on any atom is 0.274 e. The third kappa shape index (κ3) is 3.01. The van der Waals surface area contributed by atoms with Crippen molar-refractivity contribution in [3.63, 3.8) is 0 Å². The van der Waals surface area contributed by atoms with Gasteiger partial charge < -0.3 is 15.0 Å². The average molecular weight is 364 g/mol. The van der Waals surface area contributed by atoms with Crippen LogP contribution in [0.4, 0.5) is 11.4 Å². The van der Waals surface area contributed by atoms with E-state index in [0.717, 1.165) is 12.1 Å². The number of hydrogen-bond donors (Lipinski definition) is 1. The number of ether oxygens (including phenoxy) is 1. The number of benzene rings is 1. The summed E-state index contributed by atoms with van der Waals surface area (Å²) in [6.07, 6.45) is 3.16. The van der Waals surface area contributed by atoms with Gasteiger partial charge in [-0.15, -0.1) is 0 Å². The Hall–Kier alpha value is -3.35. The normalized spacial score (nSPS) is 14.0. The molecule has 4 rings (SSSR count). The van der Waals surface area contributed by atoms with E-state index in [1.165, 1.54) is 0 Å². The third-order valence-electron chi connectivity index (χ3n) is 4.72. The van der Waals surface area contributed by atoms with Gasteiger partial charge in [0, 0.05) is 24.8 Å². The maximum atomic E-state index is 12.9. The molecule has 27 heavy (non-hydrogen) atoms. The number of anilines is 2. The molecule has 7 heteroatoms. The smallest absolute Gasteiger partial charge is 0.274 e. The van der Waals surface area contributed by atoms with E-state index in [-0.39, 0.29) is 11.8 Å². The van der Waals surface area contributed by atoms with Gasteiger partial charge in [0.2, 0.25) is 5.91 Å². The highest BCUT2D eigenvalue weighted by Gasteiger charge is 2.25. The van der Waals surface area contributed by atoms with Gasteiger partial charge in [-0.1, -0.05) is 6.07 Å². The first-order valence-electron chi connectivity index (χ1n) is 8.82. The molecule has 0 bridgehead atoms. The number of imidazole rings is 1. The van der Waals surface area contributed by atoms with Gasteiger partial charge in [0.1, 0.15) is 17.1 Å². The van der Waals surface area contributed by atoms with Crippen LogP contribution in [0.25, 0.3) is 5.65 Å². The van der Waals surface area contributed by atoms with Crippen molar-refractivity contribution in [2.24, 2.45) is 0 Å². The molecule has 0 saturated carbocycles. The van der Waals surface area contributed by atoms with Gasteiger partial charge in [-0.3, -0.25) is 14.0 Å². The first-order chi connectivity index (χ1) is 13.1. The van der Waals surface area contributed by atoms with Crippen LogP contribution < -0.4 is 15.0 Å². The second-order valence-corrected chi connectivity index (χ2v) is 6.46. The molecule has 3 heterocycles. The summed E-state index contributed by atoms with van der Waals surface area (Å²) in [6, 6.07) is 10.9. The fourth-order valence-electron chi connectivity index (χ4n) is 3.46. The summed E-state index contributed by atoms with van der Waals surface area (Å²) < 4.78 is 7.16. The van der Waals surface area contributed by atoms with E-state index in [0.29, 0.717) is 41.5 Å². The van der Waals surface area contributed by atoms with Gasteiger partial charge in [0.15, 0.2) is 0 Å². The van der Waals surface area contributed by atoms with Crippen molar-refractivity contribution < 1.29 is 14.3 Å². The molecule has 0 atom stereocenters. The summed E-state index contributed by atoms with van der Waals surface area (Å²) in [5.41, 5.74) is 3.13. The highest BCUT2D eigenvalue weighted by atomic mass is 16.5. The summed E-state index contributed by atoms with van der Waals surface area (Å²) in [5.74, 6) is 0.415. The minimum Gasteiger partial charge on any atom is -0.495 e. The maximum absolute atomic E-state index is 12.9. The number of carbonyl (C=O) groups excluding carboxylic acids is 2. The van der Waals surface area contributed by atoms with E-state index in [9.17, 15) is 9.59 Å². The molecule has 3 aromatic rings. The van der Waals surface area contributed by atoms with Crippen molar-refractivity contribution >= 4 is 28.8 Å². The van der Waals surface area contributed by atoms with Crippen LogP contribution in [-0.4, -0.2) is 34.9 Å². The molecule has 0 unspecified atom stereocenters. The number of aromatic nitrogens is 2. The predicted molar refractivity (Wildman–Crippen MR) is 102 cm³/mol. The molecule has 1 N–H and O–H groups in total. The van der Waals surface area contributed by atoms with E-state index < -0.39 is 0 Å². The average Bonchev–Trinajstić information content (AvgIpc) is 3.23. The third-order valence-corrected chi connectivity index (χ3v) is 4.72. The number of carbonyl (C=O) groups is 2. The van der Waals surface area contributed by atoms with E-state index in [4.69, 9.17) is 4.74 Å². The Morgan fingerprint density at radius 1 is 1.26 bits per heavy atom. The molecule has 1 saturated heterocycles. The zero-order chi connectivity index (χ0) is 19.0. The van der Waals surface area contributed by atoms with E-state index in [1.807, 2.05) is 31.3 Å². The minimum absolute atomic E-state index is 0.0643. The monoisotopic (exact) mass is 364 g/mol. The predicted octanol–water partition coefficient (Wildman–Crippen LogP) is 3.03. The summed E-state index contributed by atoms with van der Waals surface area (Å²) >= 11 is 0. The van der Waals surface area contributed by atoms with Crippen LogP contribution >= 0.6 is 0 Å². The Morgan fingerprint density at radius 3 is 2.85 bits per heavy atom. The molecular formula is C20H20N4O3. The molecular weight excluding hydrogens is 344 g/mol. The quantitative estimate of drug-likeness (QED) is 0.772. The second-order valence-electron chi connectivity index (χ2n) is 6.46. The lowest BCUT2D eigenvalue weighted by atomic mass is 10.2. The summed E-state index contributed by atoms with van der Waals surface area (Å²) in [6.45, 7) is 2.46. The number of rotatable bonds is 4. The lowest BCUT2D eigenvalue weighted by Gasteiger charge is -2.20. The van der Waals surface area contributed by atoms with Crippen molar-refractivity contribution in [1.29, 1.82) is 0 Å². The van der Waals surface area contributed by atoms with Gasteiger partial charge in [-0.25, -0.2) is 4.98 Å². The number of fused-ring (bicyclic) bond motifs is 1. The Morgan fingerprint density at radius 2 is 2.11 bits per heavy atom. The van der Waals surface area contributed by atoms with Crippen molar-refractivity contribution in [3.8, 4) is 5.75 Å². The largest absolute Gasteiger partial charge is 0.495 e. The molecule has 1 aromatic carbocycles. The van der Waals surface area contributed by atoms with Crippen molar-refractivity contribution in [3.05, 3.63) is 54.0 Å². The van der Waals surface area contributed by atoms with Gasteiger partial charge in [0.05, 0.1) is 18.5 Å². The van der Waals surface area contributed by atoms with Crippen molar-refractivity contribution in [2.45, 2.75) is 19.8 Å². The number of nitrogens with zero attached hydrogens (tertiary/aromatic N) is 3. The van der Waals surface area contributed by atoms with Gasteiger partial charge >= 0.3 is 0 Å². The van der Waals surface area contributed by atoms with E-state index in [2.05, 4.69) is 10.3 Å². The Balaban J connectivity index is 1.67. The lowest BCUT2D eigenvalue weighted by Crippen LogP contribution is -2.24. The Labute approximate surface area is 156 Å². The first kappa shape index (κ1) is 17.1. The number of nitrogens with one attached hydrogen (secondary N) is 1. The molecule has 7 nitrogen and oxygen atoms in total. The number of aryl methyl sites for hydroxylation is 1. The molecule has 2 aromatic heterocycles. The lowest BCUT2D eigenvalue weighted by molar-refractivity contribution is -0.117. The molecule has 1 fully saturated rings. The zero-order valence-corrected chi connectivity index (χ0v) is 15.2. The molecule has 138 valence electrons. The fraction of sp³-hybridized carbons (Fsp3) is 0.250. The molecule has 1 aliphatic heterocycles. The molecule has 0 aliphatic carbocycles. The van der Waals surface area contributed by atoms with Crippen LogP contribution in [0.2, 0.25) is 0 Å². The Kier molecular flexibility index (Phi) is 4.27. The molecule has 1 aliphatic rings.